The van der Waals surface area contributed by atoms with Crippen LogP contribution in [0.15, 0.2) is 11.2 Å². The van der Waals surface area contributed by atoms with E-state index in [0.717, 1.165) is 0 Å². The third-order valence-electron chi connectivity index (χ3n) is 3.35. The normalized spacial score (nSPS) is 20.5. The molecule has 0 unspecified atom stereocenters. The topological polar surface area (TPSA) is 84.3 Å². The summed E-state index contributed by atoms with van der Waals surface area (Å²) in [5, 5.41) is 2.80. The molecule has 1 saturated heterocycles. The van der Waals surface area contributed by atoms with Crippen LogP contribution in [0.1, 0.15) is 20.3 Å². The first-order valence-electron chi connectivity index (χ1n) is 6.13. The maximum Gasteiger partial charge on any atom is 0.260 e. The van der Waals surface area contributed by atoms with Gasteiger partial charge in [0.2, 0.25) is 11.2 Å². The van der Waals surface area contributed by atoms with Crippen molar-refractivity contribution in [3.63, 3.8) is 0 Å². The van der Waals surface area contributed by atoms with Gasteiger partial charge in [0.15, 0.2) is 5.03 Å². The molecular weight excluding hydrogens is 304 g/mol. The van der Waals surface area contributed by atoms with E-state index in [2.05, 4.69) is 10.3 Å². The van der Waals surface area contributed by atoms with Crippen LogP contribution in [-0.4, -0.2) is 46.8 Å². The molecule has 1 fully saturated rings. The molecule has 1 aliphatic heterocycles. The summed E-state index contributed by atoms with van der Waals surface area (Å²) >= 11 is 5.80. The van der Waals surface area contributed by atoms with E-state index in [1.54, 1.807) is 13.8 Å². The van der Waals surface area contributed by atoms with Crippen LogP contribution in [0.3, 0.4) is 0 Å². The highest BCUT2D eigenvalue weighted by molar-refractivity contribution is 7.89. The predicted octanol–water partition coefficient (Wildman–Crippen LogP) is 0.363. The third kappa shape index (κ3) is 2.55. The van der Waals surface area contributed by atoms with Crippen LogP contribution < -0.4 is 5.32 Å². The maximum atomic E-state index is 12.8. The lowest BCUT2D eigenvalue weighted by molar-refractivity contribution is -0.121. The van der Waals surface area contributed by atoms with Crippen molar-refractivity contribution in [2.75, 3.05) is 13.1 Å². The summed E-state index contributed by atoms with van der Waals surface area (Å²) in [5.41, 5.74) is -0.809. The fourth-order valence-corrected chi connectivity index (χ4v) is 4.39. The van der Waals surface area contributed by atoms with Crippen molar-refractivity contribution in [3.05, 3.63) is 11.5 Å². The summed E-state index contributed by atoms with van der Waals surface area (Å²) in [5.74, 6) is -0.157. The second kappa shape index (κ2) is 5.01. The maximum absolute atomic E-state index is 12.8. The average molecular weight is 321 g/mol. The lowest BCUT2D eigenvalue weighted by Gasteiger charge is -2.34. The van der Waals surface area contributed by atoms with E-state index >= 15 is 0 Å². The molecule has 1 aromatic heterocycles. The van der Waals surface area contributed by atoms with E-state index in [9.17, 15) is 13.2 Å². The molecule has 1 N–H and O–H groups in total. The molecule has 1 aliphatic rings. The Kier molecular flexibility index (Phi) is 3.83. The second-order valence-corrected chi connectivity index (χ2v) is 7.49. The number of rotatable bonds is 2. The number of halogens is 1. The van der Waals surface area contributed by atoms with Gasteiger partial charge in [-0.05, 0) is 25.4 Å². The van der Waals surface area contributed by atoms with Crippen LogP contribution in [-0.2, 0) is 21.9 Å². The zero-order valence-electron chi connectivity index (χ0n) is 11.6. The Morgan fingerprint density at radius 1 is 1.45 bits per heavy atom. The molecule has 9 heteroatoms. The van der Waals surface area contributed by atoms with Gasteiger partial charge in [0.25, 0.3) is 10.0 Å². The van der Waals surface area contributed by atoms with Gasteiger partial charge in [0.05, 0.1) is 6.20 Å². The summed E-state index contributed by atoms with van der Waals surface area (Å²) in [6.45, 7) is 3.96. The van der Waals surface area contributed by atoms with Crippen molar-refractivity contribution in [1.29, 1.82) is 0 Å². The van der Waals surface area contributed by atoms with Crippen LogP contribution in [0.4, 0.5) is 0 Å². The van der Waals surface area contributed by atoms with Crippen molar-refractivity contribution >= 4 is 27.5 Å². The number of sulfonamides is 1. The highest BCUT2D eigenvalue weighted by atomic mass is 35.5. The van der Waals surface area contributed by atoms with Crippen LogP contribution in [0, 0.1) is 0 Å². The molecule has 0 bridgehead atoms. The fraction of sp³-hybridized carbons (Fsp3) is 0.636. The van der Waals surface area contributed by atoms with Gasteiger partial charge in [-0.3, -0.25) is 4.79 Å². The van der Waals surface area contributed by atoms with Gasteiger partial charge in [-0.15, -0.1) is 0 Å². The van der Waals surface area contributed by atoms with Gasteiger partial charge in [-0.1, -0.05) is 0 Å². The number of carbonyl (C=O) groups is 1. The van der Waals surface area contributed by atoms with Crippen molar-refractivity contribution in [1.82, 2.24) is 19.2 Å². The summed E-state index contributed by atoms with van der Waals surface area (Å²) in [6.07, 6.45) is 1.34. The molecule has 0 aromatic carbocycles. The molecule has 0 aliphatic carbocycles. The molecule has 0 spiro atoms. The van der Waals surface area contributed by atoms with Crippen LogP contribution in [0.2, 0.25) is 5.28 Å². The standard InChI is InChI=1S/C11H17ClN4O3S/c1-11(2)6-8(17)13-4-5-16(11)20(18,19)9-7-14-10(12)15(9)3/h7H,4-6H2,1-3H3,(H,13,17). The van der Waals surface area contributed by atoms with Gasteiger partial charge in [-0.2, -0.15) is 4.31 Å². The first kappa shape index (κ1) is 15.3. The Morgan fingerprint density at radius 3 is 2.65 bits per heavy atom. The Labute approximate surface area is 123 Å². The van der Waals surface area contributed by atoms with Gasteiger partial charge in [0, 0.05) is 32.1 Å². The Balaban J connectivity index is 2.47. The molecule has 112 valence electrons. The van der Waals surface area contributed by atoms with Crippen LogP contribution >= 0.6 is 11.6 Å². The minimum Gasteiger partial charge on any atom is -0.355 e. The van der Waals surface area contributed by atoms with Gasteiger partial charge in [0.1, 0.15) is 0 Å². The van der Waals surface area contributed by atoms with Crippen molar-refractivity contribution in [2.24, 2.45) is 7.05 Å². The van der Waals surface area contributed by atoms with Gasteiger partial charge < -0.3 is 9.88 Å². The lowest BCUT2D eigenvalue weighted by Crippen LogP contribution is -2.48. The number of hydrogen-bond donors (Lipinski definition) is 1. The molecule has 1 amide bonds. The number of hydrogen-bond acceptors (Lipinski definition) is 4. The minimum absolute atomic E-state index is 0.0184. The predicted molar refractivity (Wildman–Crippen MR) is 73.8 cm³/mol. The smallest absolute Gasteiger partial charge is 0.260 e. The largest absolute Gasteiger partial charge is 0.355 e. The summed E-state index contributed by atoms with van der Waals surface area (Å²) in [4.78, 5) is 15.4. The monoisotopic (exact) mass is 320 g/mol. The molecule has 20 heavy (non-hydrogen) atoms. The molecule has 2 heterocycles. The Morgan fingerprint density at radius 2 is 2.10 bits per heavy atom. The van der Waals surface area contributed by atoms with E-state index in [4.69, 9.17) is 11.6 Å². The van der Waals surface area contributed by atoms with Crippen molar-refractivity contribution in [2.45, 2.75) is 30.8 Å². The molecule has 1 aromatic rings. The van der Waals surface area contributed by atoms with Crippen molar-refractivity contribution in [3.8, 4) is 0 Å². The number of aromatic nitrogens is 2. The number of carbonyl (C=O) groups excluding carboxylic acids is 1. The molecule has 0 atom stereocenters. The fourth-order valence-electron chi connectivity index (χ4n) is 2.31. The van der Waals surface area contributed by atoms with Crippen molar-refractivity contribution < 1.29 is 13.2 Å². The van der Waals surface area contributed by atoms with E-state index in [0.29, 0.717) is 0 Å². The van der Waals surface area contributed by atoms with Gasteiger partial charge >= 0.3 is 0 Å². The molecule has 2 rings (SSSR count). The highest BCUT2D eigenvalue weighted by Crippen LogP contribution is 2.28. The van der Waals surface area contributed by atoms with E-state index in [1.165, 1.54) is 22.1 Å². The average Bonchev–Trinajstić information content (AvgIpc) is 2.56. The highest BCUT2D eigenvalue weighted by Gasteiger charge is 2.41. The van der Waals surface area contributed by atoms with Crippen LogP contribution in [0.25, 0.3) is 0 Å². The summed E-state index contributed by atoms with van der Waals surface area (Å²) < 4.78 is 28.2. The lowest BCUT2D eigenvalue weighted by atomic mass is 10.0. The third-order valence-corrected chi connectivity index (χ3v) is 5.86. The van der Waals surface area contributed by atoms with E-state index in [1.807, 2.05) is 0 Å². The molecular formula is C11H17ClN4O3S. The number of amides is 1. The number of nitrogens with one attached hydrogen (secondary N) is 1. The van der Waals surface area contributed by atoms with E-state index in [-0.39, 0.29) is 35.7 Å². The summed E-state index contributed by atoms with van der Waals surface area (Å²) in [7, 11) is -2.23. The first-order chi connectivity index (χ1) is 9.16. The SMILES string of the molecule is Cn1c(S(=O)(=O)N2CCNC(=O)CC2(C)C)cnc1Cl. The zero-order valence-corrected chi connectivity index (χ0v) is 13.1. The minimum atomic E-state index is -3.77. The quantitative estimate of drug-likeness (QED) is 0.853. The molecule has 0 saturated carbocycles. The van der Waals surface area contributed by atoms with Crippen LogP contribution in [0.5, 0.6) is 0 Å². The van der Waals surface area contributed by atoms with Gasteiger partial charge in [-0.25, -0.2) is 13.4 Å². The van der Waals surface area contributed by atoms with E-state index < -0.39 is 15.6 Å². The summed E-state index contributed by atoms with van der Waals surface area (Å²) in [6, 6.07) is 0. The second-order valence-electron chi connectivity index (χ2n) is 5.34. The molecule has 0 radical (unpaired) electrons. The Bertz CT molecular complexity index is 638. The molecule has 7 nitrogen and oxygen atoms in total. The first-order valence-corrected chi connectivity index (χ1v) is 7.95. The number of nitrogens with zero attached hydrogens (tertiary/aromatic N) is 3. The Hall–Kier alpha value is -1.12. The number of imidazole rings is 1. The zero-order chi connectivity index (χ0) is 15.1.